The van der Waals surface area contributed by atoms with Gasteiger partial charge in [-0.05, 0) is 49.9 Å². The van der Waals surface area contributed by atoms with E-state index in [1.165, 1.54) is 0 Å². The smallest absolute Gasteiger partial charge is 0.229 e. The molecule has 0 aromatic heterocycles. The standard InChI is InChI=1S/C14H18ClNO2/c1-16(12-6-4-11(15)5-7-12)14(18)10-2-8-13(17)9-3-10/h4-7,10,13,17H,2-3,8-9H2,1H3. The number of carbonyl (C=O) groups is 1. The minimum Gasteiger partial charge on any atom is -0.393 e. The van der Waals surface area contributed by atoms with Crippen LogP contribution in [0.5, 0.6) is 0 Å². The molecule has 0 saturated heterocycles. The van der Waals surface area contributed by atoms with Crippen LogP contribution < -0.4 is 4.90 Å². The Kier molecular flexibility index (Phi) is 4.25. The molecular weight excluding hydrogens is 250 g/mol. The summed E-state index contributed by atoms with van der Waals surface area (Å²) in [4.78, 5) is 14.0. The molecule has 1 aliphatic rings. The topological polar surface area (TPSA) is 40.5 Å². The van der Waals surface area contributed by atoms with Crippen molar-refractivity contribution in [3.8, 4) is 0 Å². The molecule has 1 aliphatic carbocycles. The molecule has 1 amide bonds. The quantitative estimate of drug-likeness (QED) is 0.895. The Morgan fingerprint density at radius 3 is 2.33 bits per heavy atom. The van der Waals surface area contributed by atoms with Crippen molar-refractivity contribution in [3.63, 3.8) is 0 Å². The summed E-state index contributed by atoms with van der Waals surface area (Å²) >= 11 is 5.83. The van der Waals surface area contributed by atoms with Gasteiger partial charge in [-0.3, -0.25) is 4.79 Å². The van der Waals surface area contributed by atoms with E-state index >= 15 is 0 Å². The number of carbonyl (C=O) groups excluding carboxylic acids is 1. The van der Waals surface area contributed by atoms with Crippen LogP contribution in [0.2, 0.25) is 5.02 Å². The van der Waals surface area contributed by atoms with E-state index in [1.54, 1.807) is 24.1 Å². The number of aliphatic hydroxyl groups is 1. The summed E-state index contributed by atoms with van der Waals surface area (Å²) in [5, 5.41) is 10.1. The normalized spacial score (nSPS) is 23.7. The molecular formula is C14H18ClNO2. The molecule has 1 N–H and O–H groups in total. The number of amides is 1. The van der Waals surface area contributed by atoms with Crippen LogP contribution in [0.4, 0.5) is 5.69 Å². The lowest BCUT2D eigenvalue weighted by Gasteiger charge is -2.28. The molecule has 2 rings (SSSR count). The zero-order chi connectivity index (χ0) is 13.1. The first-order chi connectivity index (χ1) is 8.58. The second-order valence-corrected chi connectivity index (χ2v) is 5.32. The van der Waals surface area contributed by atoms with Crippen molar-refractivity contribution in [2.75, 3.05) is 11.9 Å². The molecule has 0 radical (unpaired) electrons. The number of nitrogens with zero attached hydrogens (tertiary/aromatic N) is 1. The van der Waals surface area contributed by atoms with Gasteiger partial charge >= 0.3 is 0 Å². The number of benzene rings is 1. The maximum atomic E-state index is 12.3. The van der Waals surface area contributed by atoms with E-state index in [2.05, 4.69) is 0 Å². The summed E-state index contributed by atoms with van der Waals surface area (Å²) in [6, 6.07) is 7.26. The minimum atomic E-state index is -0.227. The van der Waals surface area contributed by atoms with Crippen LogP contribution in [0.3, 0.4) is 0 Å². The van der Waals surface area contributed by atoms with Gasteiger partial charge < -0.3 is 10.0 Å². The van der Waals surface area contributed by atoms with Crippen molar-refractivity contribution in [3.05, 3.63) is 29.3 Å². The van der Waals surface area contributed by atoms with Gasteiger partial charge in [0.1, 0.15) is 0 Å². The van der Waals surface area contributed by atoms with Gasteiger partial charge in [0.15, 0.2) is 0 Å². The first-order valence-corrected chi connectivity index (χ1v) is 6.67. The molecule has 0 unspecified atom stereocenters. The average Bonchev–Trinajstić information content (AvgIpc) is 2.39. The Balaban J connectivity index is 2.02. The second-order valence-electron chi connectivity index (χ2n) is 4.88. The van der Waals surface area contributed by atoms with Crippen molar-refractivity contribution in [2.24, 2.45) is 5.92 Å². The first-order valence-electron chi connectivity index (χ1n) is 6.29. The highest BCUT2D eigenvalue weighted by Crippen LogP contribution is 2.27. The molecule has 98 valence electrons. The predicted molar refractivity (Wildman–Crippen MR) is 72.8 cm³/mol. The van der Waals surface area contributed by atoms with Gasteiger partial charge in [-0.2, -0.15) is 0 Å². The lowest BCUT2D eigenvalue weighted by molar-refractivity contribution is -0.123. The molecule has 1 saturated carbocycles. The van der Waals surface area contributed by atoms with Crippen molar-refractivity contribution in [1.29, 1.82) is 0 Å². The van der Waals surface area contributed by atoms with Crippen molar-refractivity contribution < 1.29 is 9.90 Å². The fraction of sp³-hybridized carbons (Fsp3) is 0.500. The zero-order valence-corrected chi connectivity index (χ0v) is 11.2. The van der Waals surface area contributed by atoms with E-state index in [4.69, 9.17) is 11.6 Å². The monoisotopic (exact) mass is 267 g/mol. The minimum absolute atomic E-state index is 0.0362. The average molecular weight is 268 g/mol. The highest BCUT2D eigenvalue weighted by atomic mass is 35.5. The van der Waals surface area contributed by atoms with Crippen LogP contribution in [0.15, 0.2) is 24.3 Å². The molecule has 1 aromatic rings. The Morgan fingerprint density at radius 1 is 1.22 bits per heavy atom. The molecule has 1 fully saturated rings. The summed E-state index contributed by atoms with van der Waals surface area (Å²) in [6.45, 7) is 0. The lowest BCUT2D eigenvalue weighted by Crippen LogP contribution is -2.35. The number of hydrogen-bond donors (Lipinski definition) is 1. The SMILES string of the molecule is CN(C(=O)C1CCC(O)CC1)c1ccc(Cl)cc1. The van der Waals surface area contributed by atoms with Gasteiger partial charge in [0.25, 0.3) is 0 Å². The van der Waals surface area contributed by atoms with Gasteiger partial charge in [-0.15, -0.1) is 0 Å². The number of rotatable bonds is 2. The van der Waals surface area contributed by atoms with Crippen LogP contribution in [0.25, 0.3) is 0 Å². The molecule has 0 atom stereocenters. The number of aliphatic hydroxyl groups excluding tert-OH is 1. The Morgan fingerprint density at radius 2 is 1.78 bits per heavy atom. The Hall–Kier alpha value is -1.06. The van der Waals surface area contributed by atoms with Crippen LogP contribution in [-0.4, -0.2) is 24.2 Å². The summed E-state index contributed by atoms with van der Waals surface area (Å²) in [5.41, 5.74) is 0.857. The van der Waals surface area contributed by atoms with Gasteiger partial charge in [0.2, 0.25) is 5.91 Å². The van der Waals surface area contributed by atoms with Gasteiger partial charge in [-0.25, -0.2) is 0 Å². The molecule has 4 heteroatoms. The van der Waals surface area contributed by atoms with E-state index in [0.29, 0.717) is 5.02 Å². The summed E-state index contributed by atoms with van der Waals surface area (Å²) in [6.07, 6.45) is 2.78. The summed E-state index contributed by atoms with van der Waals surface area (Å²) in [5.74, 6) is 0.165. The summed E-state index contributed by atoms with van der Waals surface area (Å²) in [7, 11) is 1.79. The molecule has 3 nitrogen and oxygen atoms in total. The van der Waals surface area contributed by atoms with Crippen LogP contribution in [0, 0.1) is 5.92 Å². The van der Waals surface area contributed by atoms with E-state index in [9.17, 15) is 9.90 Å². The molecule has 0 aliphatic heterocycles. The van der Waals surface area contributed by atoms with Gasteiger partial charge in [0.05, 0.1) is 6.10 Å². The highest BCUT2D eigenvalue weighted by molar-refractivity contribution is 6.30. The number of hydrogen-bond acceptors (Lipinski definition) is 2. The van der Waals surface area contributed by atoms with Crippen molar-refractivity contribution in [1.82, 2.24) is 0 Å². The van der Waals surface area contributed by atoms with E-state index in [0.717, 1.165) is 31.4 Å². The van der Waals surface area contributed by atoms with Crippen LogP contribution in [-0.2, 0) is 4.79 Å². The molecule has 1 aromatic carbocycles. The van der Waals surface area contributed by atoms with Crippen LogP contribution >= 0.6 is 11.6 Å². The van der Waals surface area contributed by atoms with Gasteiger partial charge in [-0.1, -0.05) is 11.6 Å². The van der Waals surface area contributed by atoms with E-state index in [-0.39, 0.29) is 17.9 Å². The lowest BCUT2D eigenvalue weighted by atomic mass is 9.86. The molecule has 18 heavy (non-hydrogen) atoms. The fourth-order valence-electron chi connectivity index (χ4n) is 2.39. The van der Waals surface area contributed by atoms with E-state index < -0.39 is 0 Å². The largest absolute Gasteiger partial charge is 0.393 e. The second kappa shape index (κ2) is 5.72. The predicted octanol–water partition coefficient (Wildman–Crippen LogP) is 2.85. The van der Waals surface area contributed by atoms with Crippen molar-refractivity contribution >= 4 is 23.2 Å². The van der Waals surface area contributed by atoms with Gasteiger partial charge in [0, 0.05) is 23.7 Å². The first kappa shape index (κ1) is 13.4. The third-order valence-electron chi connectivity index (χ3n) is 3.59. The number of anilines is 1. The maximum absolute atomic E-state index is 12.3. The summed E-state index contributed by atoms with van der Waals surface area (Å²) < 4.78 is 0. The number of halogens is 1. The molecule has 0 bridgehead atoms. The zero-order valence-electron chi connectivity index (χ0n) is 10.5. The third-order valence-corrected chi connectivity index (χ3v) is 3.84. The van der Waals surface area contributed by atoms with E-state index in [1.807, 2.05) is 12.1 Å². The van der Waals surface area contributed by atoms with Crippen molar-refractivity contribution in [2.45, 2.75) is 31.8 Å². The Bertz CT molecular complexity index is 410. The third kappa shape index (κ3) is 3.03. The Labute approximate surface area is 112 Å². The fourth-order valence-corrected chi connectivity index (χ4v) is 2.51. The molecule has 0 heterocycles. The van der Waals surface area contributed by atoms with Crippen LogP contribution in [0.1, 0.15) is 25.7 Å². The maximum Gasteiger partial charge on any atom is 0.229 e. The highest BCUT2D eigenvalue weighted by Gasteiger charge is 2.27. The molecule has 0 spiro atoms.